The number of rotatable bonds is 5. The largest absolute Gasteiger partial charge is 0.497 e. The van der Waals surface area contributed by atoms with Gasteiger partial charge in [-0.2, -0.15) is 0 Å². The third-order valence-electron chi connectivity index (χ3n) is 6.94. The van der Waals surface area contributed by atoms with Crippen molar-refractivity contribution >= 4 is 5.65 Å². The number of hydrogen-bond acceptors (Lipinski definition) is 4. The molecule has 0 atom stereocenters. The van der Waals surface area contributed by atoms with Gasteiger partial charge in [-0.25, -0.2) is 4.98 Å². The Morgan fingerprint density at radius 1 is 0.879 bits per heavy atom. The van der Waals surface area contributed by atoms with Crippen LogP contribution in [0.15, 0.2) is 54.7 Å². The summed E-state index contributed by atoms with van der Waals surface area (Å²) in [6, 6.07) is 16.9. The molecule has 0 saturated carbocycles. The van der Waals surface area contributed by atoms with Crippen molar-refractivity contribution < 1.29 is 4.74 Å². The lowest BCUT2D eigenvalue weighted by Gasteiger charge is -2.21. The Bertz CT molecular complexity index is 1250. The van der Waals surface area contributed by atoms with Crippen LogP contribution < -0.4 is 4.74 Å². The van der Waals surface area contributed by atoms with Crippen LogP contribution in [0.2, 0.25) is 0 Å². The summed E-state index contributed by atoms with van der Waals surface area (Å²) in [5.74, 6) is 0.862. The Balaban J connectivity index is 1.61. The number of nitrogens with zero attached hydrogens (tertiary/aromatic N) is 5. The highest BCUT2D eigenvalue weighted by molar-refractivity contribution is 5.70. The van der Waals surface area contributed by atoms with E-state index in [1.54, 1.807) is 7.11 Å². The molecule has 1 fully saturated rings. The summed E-state index contributed by atoms with van der Waals surface area (Å²) in [7, 11) is 6.05. The fraction of sp³-hybridized carbons (Fsp3) is 0.370. The maximum Gasteiger partial charge on any atom is 0.137 e. The van der Waals surface area contributed by atoms with Crippen molar-refractivity contribution in [3.8, 4) is 28.3 Å². The first-order chi connectivity index (χ1) is 16.0. The monoisotopic (exact) mass is 443 g/mol. The highest BCUT2D eigenvalue weighted by atomic mass is 16.5. The minimum Gasteiger partial charge on any atom is -0.497 e. The summed E-state index contributed by atoms with van der Waals surface area (Å²) in [6.07, 6.45) is 3.45. The standard InChI is InChI=1S/C27H33N5O/c1-20-6-12-24(30(20)3)22-9-13-26-28-27(21-7-10-23(33-4)11-8-21)25(32(26)18-22)19-31-15-5-14-29(2)16-17-31/h6-13,18H,5,14-17,19H2,1-4H3. The summed E-state index contributed by atoms with van der Waals surface area (Å²) < 4.78 is 9.92. The molecule has 6 nitrogen and oxygen atoms in total. The Morgan fingerprint density at radius 3 is 2.39 bits per heavy atom. The Labute approximate surface area is 196 Å². The number of methoxy groups -OCH3 is 1. The lowest BCUT2D eigenvalue weighted by Crippen LogP contribution is -2.29. The van der Waals surface area contributed by atoms with Crippen molar-refractivity contribution in [2.24, 2.45) is 7.05 Å². The van der Waals surface area contributed by atoms with E-state index in [-0.39, 0.29) is 0 Å². The molecule has 3 aromatic heterocycles. The van der Waals surface area contributed by atoms with Gasteiger partial charge >= 0.3 is 0 Å². The third kappa shape index (κ3) is 4.28. The van der Waals surface area contributed by atoms with Crippen LogP contribution in [-0.4, -0.2) is 64.1 Å². The van der Waals surface area contributed by atoms with E-state index >= 15 is 0 Å². The minimum absolute atomic E-state index is 0.862. The molecule has 1 aliphatic heterocycles. The van der Waals surface area contributed by atoms with Crippen molar-refractivity contribution in [2.75, 3.05) is 40.3 Å². The summed E-state index contributed by atoms with van der Waals surface area (Å²) in [5, 5.41) is 0. The molecule has 0 N–H and O–H groups in total. The normalized spacial score (nSPS) is 15.8. The van der Waals surface area contributed by atoms with Gasteiger partial charge in [0.15, 0.2) is 0 Å². The Kier molecular flexibility index (Phi) is 5.96. The van der Waals surface area contributed by atoms with Crippen LogP contribution in [-0.2, 0) is 13.6 Å². The molecule has 0 radical (unpaired) electrons. The van der Waals surface area contributed by atoms with Gasteiger partial charge in [-0.15, -0.1) is 0 Å². The van der Waals surface area contributed by atoms with E-state index < -0.39 is 0 Å². The van der Waals surface area contributed by atoms with Gasteiger partial charge in [0.05, 0.1) is 18.5 Å². The second-order valence-corrected chi connectivity index (χ2v) is 9.13. The number of hydrogen-bond donors (Lipinski definition) is 0. The molecule has 1 aromatic carbocycles. The van der Waals surface area contributed by atoms with Crippen LogP contribution in [0.5, 0.6) is 5.75 Å². The van der Waals surface area contributed by atoms with Gasteiger partial charge in [0, 0.05) is 55.4 Å². The van der Waals surface area contributed by atoms with Crippen LogP contribution in [0.4, 0.5) is 0 Å². The zero-order valence-corrected chi connectivity index (χ0v) is 20.1. The fourth-order valence-corrected chi connectivity index (χ4v) is 4.75. The number of aryl methyl sites for hydroxylation is 1. The molecule has 1 saturated heterocycles. The van der Waals surface area contributed by atoms with Crippen molar-refractivity contribution in [1.82, 2.24) is 23.8 Å². The van der Waals surface area contributed by atoms with Gasteiger partial charge in [0.2, 0.25) is 0 Å². The molecule has 4 heterocycles. The number of imidazole rings is 1. The van der Waals surface area contributed by atoms with Gasteiger partial charge in [-0.3, -0.25) is 4.90 Å². The fourth-order valence-electron chi connectivity index (χ4n) is 4.75. The molecule has 5 rings (SSSR count). The van der Waals surface area contributed by atoms with Crippen LogP contribution in [0, 0.1) is 6.92 Å². The predicted molar refractivity (Wildman–Crippen MR) is 134 cm³/mol. The van der Waals surface area contributed by atoms with Crippen LogP contribution in [0.1, 0.15) is 17.8 Å². The van der Waals surface area contributed by atoms with Crippen molar-refractivity contribution in [3.63, 3.8) is 0 Å². The molecule has 0 amide bonds. The average molecular weight is 444 g/mol. The molecule has 0 unspecified atom stereocenters. The van der Waals surface area contributed by atoms with Crippen LogP contribution >= 0.6 is 0 Å². The van der Waals surface area contributed by atoms with Gasteiger partial charge in [-0.1, -0.05) is 0 Å². The van der Waals surface area contributed by atoms with E-state index in [0.717, 1.165) is 55.4 Å². The number of aromatic nitrogens is 3. The molecule has 0 spiro atoms. The SMILES string of the molecule is COc1ccc(-c2nc3ccc(-c4ccc(C)n4C)cn3c2CN2CCCN(C)CC2)cc1. The van der Waals surface area contributed by atoms with Gasteiger partial charge in [0.25, 0.3) is 0 Å². The van der Waals surface area contributed by atoms with Crippen molar-refractivity contribution in [2.45, 2.75) is 19.9 Å². The maximum atomic E-state index is 5.38. The number of ether oxygens (including phenoxy) is 1. The molecule has 0 bridgehead atoms. The van der Waals surface area contributed by atoms with Gasteiger partial charge < -0.3 is 18.6 Å². The van der Waals surface area contributed by atoms with Gasteiger partial charge in [0.1, 0.15) is 11.4 Å². The van der Waals surface area contributed by atoms with E-state index in [9.17, 15) is 0 Å². The summed E-state index contributed by atoms with van der Waals surface area (Å²) in [4.78, 5) is 10.1. The summed E-state index contributed by atoms with van der Waals surface area (Å²) >= 11 is 0. The summed E-state index contributed by atoms with van der Waals surface area (Å²) in [5.41, 5.74) is 8.08. The Morgan fingerprint density at radius 2 is 1.67 bits per heavy atom. The first-order valence-corrected chi connectivity index (χ1v) is 11.7. The minimum atomic E-state index is 0.862. The average Bonchev–Trinajstić information content (AvgIpc) is 3.27. The molecule has 33 heavy (non-hydrogen) atoms. The van der Waals surface area contributed by atoms with Crippen molar-refractivity contribution in [1.29, 1.82) is 0 Å². The smallest absolute Gasteiger partial charge is 0.137 e. The molecule has 172 valence electrons. The zero-order chi connectivity index (χ0) is 22.9. The maximum absolute atomic E-state index is 5.38. The Hall–Kier alpha value is -3.09. The third-order valence-corrected chi connectivity index (χ3v) is 6.94. The van der Waals surface area contributed by atoms with E-state index in [4.69, 9.17) is 9.72 Å². The van der Waals surface area contributed by atoms with E-state index in [1.807, 2.05) is 12.1 Å². The first kappa shape index (κ1) is 21.7. The van der Waals surface area contributed by atoms with Crippen LogP contribution in [0.25, 0.3) is 28.2 Å². The number of benzene rings is 1. The topological polar surface area (TPSA) is 37.9 Å². The zero-order valence-electron chi connectivity index (χ0n) is 20.1. The first-order valence-electron chi connectivity index (χ1n) is 11.7. The van der Waals surface area contributed by atoms with Crippen molar-refractivity contribution in [3.05, 3.63) is 66.1 Å². The quantitative estimate of drug-likeness (QED) is 0.456. The highest BCUT2D eigenvalue weighted by Crippen LogP contribution is 2.30. The molecule has 1 aliphatic rings. The molecule has 4 aromatic rings. The summed E-state index contributed by atoms with van der Waals surface area (Å²) in [6.45, 7) is 7.46. The number of pyridine rings is 1. The predicted octanol–water partition coefficient (Wildman–Crippen LogP) is 4.46. The van der Waals surface area contributed by atoms with Gasteiger partial charge in [-0.05, 0) is 82.0 Å². The number of likely N-dealkylation sites (N-methyl/N-ethyl adjacent to an activating group) is 1. The highest BCUT2D eigenvalue weighted by Gasteiger charge is 2.20. The molecular formula is C27H33N5O. The van der Waals surface area contributed by atoms with E-state index in [1.165, 1.54) is 29.1 Å². The second-order valence-electron chi connectivity index (χ2n) is 9.13. The lowest BCUT2D eigenvalue weighted by molar-refractivity contribution is 0.266. The lowest BCUT2D eigenvalue weighted by atomic mass is 10.1. The molecular weight excluding hydrogens is 410 g/mol. The number of fused-ring (bicyclic) bond motifs is 1. The van der Waals surface area contributed by atoms with E-state index in [0.29, 0.717) is 0 Å². The molecule has 0 aliphatic carbocycles. The van der Waals surface area contributed by atoms with E-state index in [2.05, 4.69) is 82.4 Å². The second kappa shape index (κ2) is 9.04. The molecule has 6 heteroatoms. The van der Waals surface area contributed by atoms with Crippen LogP contribution in [0.3, 0.4) is 0 Å².